The Morgan fingerprint density at radius 2 is 1.95 bits per heavy atom. The number of rotatable bonds is 6. The number of benzene rings is 1. The maximum atomic E-state index is 11.3. The van der Waals surface area contributed by atoms with Crippen LogP contribution in [0, 0.1) is 5.92 Å². The topological polar surface area (TPSA) is 75.4 Å². The second-order valence-corrected chi connectivity index (χ2v) is 8.25. The van der Waals surface area contributed by atoms with E-state index in [1.807, 2.05) is 12.1 Å². The highest BCUT2D eigenvalue weighted by molar-refractivity contribution is 7.89. The Labute approximate surface area is 132 Å². The number of likely N-dealkylation sites (tertiary alicyclic amines) is 1. The van der Waals surface area contributed by atoms with Crippen molar-refractivity contribution in [3.05, 3.63) is 29.8 Å². The van der Waals surface area contributed by atoms with Crippen molar-refractivity contribution in [1.29, 1.82) is 0 Å². The normalized spacial score (nSPS) is 24.5. The van der Waals surface area contributed by atoms with Crippen molar-refractivity contribution in [3.63, 3.8) is 0 Å². The summed E-state index contributed by atoms with van der Waals surface area (Å²) in [6.07, 6.45) is 4.00. The molecule has 5 nitrogen and oxygen atoms in total. The minimum absolute atomic E-state index is 0.167. The molecule has 2 atom stereocenters. The van der Waals surface area contributed by atoms with Gasteiger partial charge in [0.25, 0.3) is 0 Å². The summed E-state index contributed by atoms with van der Waals surface area (Å²) in [4.78, 5) is 2.73. The minimum atomic E-state index is -3.61. The molecule has 0 bridgehead atoms. The predicted octanol–water partition coefficient (Wildman–Crippen LogP) is 1.47. The molecule has 0 spiro atoms. The molecule has 22 heavy (non-hydrogen) atoms. The first-order valence-corrected chi connectivity index (χ1v) is 9.57. The summed E-state index contributed by atoms with van der Waals surface area (Å²) in [7, 11) is -3.61. The molecular formula is C16H25N3O2S. The molecule has 0 aromatic heterocycles. The molecule has 1 aliphatic carbocycles. The van der Waals surface area contributed by atoms with Crippen LogP contribution in [0.5, 0.6) is 0 Å². The highest BCUT2D eigenvalue weighted by Crippen LogP contribution is 2.31. The quantitative estimate of drug-likeness (QED) is 0.831. The second-order valence-electron chi connectivity index (χ2n) is 6.69. The first kappa shape index (κ1) is 15.9. The number of primary sulfonamides is 1. The van der Waals surface area contributed by atoms with E-state index < -0.39 is 10.0 Å². The van der Waals surface area contributed by atoms with Crippen LogP contribution in [0.4, 0.5) is 0 Å². The molecule has 2 unspecified atom stereocenters. The molecule has 6 heteroatoms. The van der Waals surface area contributed by atoms with Gasteiger partial charge in [-0.05, 0) is 56.3 Å². The van der Waals surface area contributed by atoms with Crippen LogP contribution in [0.3, 0.4) is 0 Å². The number of sulfonamides is 1. The fourth-order valence-electron chi connectivity index (χ4n) is 3.20. The zero-order chi connectivity index (χ0) is 15.7. The van der Waals surface area contributed by atoms with Crippen molar-refractivity contribution in [3.8, 4) is 0 Å². The lowest BCUT2D eigenvalue weighted by Gasteiger charge is -2.21. The van der Waals surface area contributed by atoms with E-state index in [9.17, 15) is 8.42 Å². The molecule has 1 saturated heterocycles. The molecule has 3 rings (SSSR count). The molecule has 1 aliphatic heterocycles. The monoisotopic (exact) mass is 323 g/mol. The molecule has 1 heterocycles. The minimum Gasteiger partial charge on any atom is -0.306 e. The summed E-state index contributed by atoms with van der Waals surface area (Å²) < 4.78 is 22.6. The molecule has 1 saturated carbocycles. The summed E-state index contributed by atoms with van der Waals surface area (Å²) in [5.41, 5.74) is 1.09. The van der Waals surface area contributed by atoms with E-state index in [0.29, 0.717) is 6.04 Å². The lowest BCUT2D eigenvalue weighted by molar-refractivity contribution is 0.310. The summed E-state index contributed by atoms with van der Waals surface area (Å²) in [6, 6.07) is 7.57. The van der Waals surface area contributed by atoms with Gasteiger partial charge in [0.05, 0.1) is 4.90 Å². The Balaban J connectivity index is 1.54. The van der Waals surface area contributed by atoms with Crippen LogP contribution in [-0.4, -0.2) is 39.0 Å². The van der Waals surface area contributed by atoms with E-state index in [1.165, 1.54) is 32.4 Å². The molecule has 0 amide bonds. The average Bonchev–Trinajstić information content (AvgIpc) is 3.17. The molecule has 122 valence electrons. The first-order chi connectivity index (χ1) is 10.4. The lowest BCUT2D eigenvalue weighted by Crippen LogP contribution is -2.34. The van der Waals surface area contributed by atoms with E-state index in [1.54, 1.807) is 12.1 Å². The molecule has 0 radical (unpaired) electrons. The van der Waals surface area contributed by atoms with E-state index >= 15 is 0 Å². The van der Waals surface area contributed by atoms with Crippen molar-refractivity contribution in [2.75, 3.05) is 19.6 Å². The van der Waals surface area contributed by atoms with E-state index in [-0.39, 0.29) is 10.9 Å². The van der Waals surface area contributed by atoms with Crippen molar-refractivity contribution in [1.82, 2.24) is 10.2 Å². The largest absolute Gasteiger partial charge is 0.306 e. The number of hydrogen-bond donors (Lipinski definition) is 2. The van der Waals surface area contributed by atoms with Gasteiger partial charge in [-0.2, -0.15) is 0 Å². The lowest BCUT2D eigenvalue weighted by atomic mass is 10.1. The standard InChI is InChI=1S/C16H25N3O2S/c1-12(14-4-6-16(7-5-14)22(17,20)21)18-15-8-9-19(11-15)10-13-2-3-13/h4-7,12-13,15,18H,2-3,8-11H2,1H3,(H2,17,20,21). The Kier molecular flexibility index (Phi) is 4.54. The maximum Gasteiger partial charge on any atom is 0.238 e. The van der Waals surface area contributed by atoms with Crippen molar-refractivity contribution in [2.45, 2.75) is 43.2 Å². The summed E-state index contributed by atoms with van der Waals surface area (Å²) in [5.74, 6) is 0.946. The number of nitrogens with one attached hydrogen (secondary N) is 1. The molecule has 3 N–H and O–H groups in total. The van der Waals surface area contributed by atoms with Gasteiger partial charge in [-0.3, -0.25) is 0 Å². The summed E-state index contributed by atoms with van der Waals surface area (Å²) >= 11 is 0. The van der Waals surface area contributed by atoms with Gasteiger partial charge in [-0.1, -0.05) is 12.1 Å². The van der Waals surface area contributed by atoms with Gasteiger partial charge in [-0.15, -0.1) is 0 Å². The van der Waals surface area contributed by atoms with Gasteiger partial charge in [0.1, 0.15) is 0 Å². The number of nitrogens with two attached hydrogens (primary N) is 1. The summed E-state index contributed by atoms with van der Waals surface area (Å²) in [5, 5.41) is 8.78. The zero-order valence-corrected chi connectivity index (χ0v) is 13.8. The second kappa shape index (κ2) is 6.28. The maximum absolute atomic E-state index is 11.3. The third-order valence-corrected chi connectivity index (χ3v) is 5.61. The molecule has 2 fully saturated rings. The van der Waals surface area contributed by atoms with Crippen molar-refractivity contribution < 1.29 is 8.42 Å². The van der Waals surface area contributed by atoms with Crippen LogP contribution in [0.2, 0.25) is 0 Å². The fourth-order valence-corrected chi connectivity index (χ4v) is 3.71. The van der Waals surface area contributed by atoms with Crippen LogP contribution < -0.4 is 10.5 Å². The molecular weight excluding hydrogens is 298 g/mol. The van der Waals surface area contributed by atoms with Gasteiger partial charge in [0, 0.05) is 25.2 Å². The third-order valence-electron chi connectivity index (χ3n) is 4.68. The number of hydrogen-bond acceptors (Lipinski definition) is 4. The van der Waals surface area contributed by atoms with Crippen molar-refractivity contribution in [2.24, 2.45) is 11.1 Å². The SMILES string of the molecule is CC(NC1CCN(CC2CC2)C1)c1ccc(S(N)(=O)=O)cc1. The average molecular weight is 323 g/mol. The summed E-state index contributed by atoms with van der Waals surface area (Å²) in [6.45, 7) is 5.69. The van der Waals surface area contributed by atoms with E-state index in [2.05, 4.69) is 17.1 Å². The number of nitrogens with zero attached hydrogens (tertiary/aromatic N) is 1. The Hall–Kier alpha value is -0.950. The van der Waals surface area contributed by atoms with Crippen LogP contribution in [0.1, 0.15) is 37.8 Å². The van der Waals surface area contributed by atoms with Crippen molar-refractivity contribution >= 4 is 10.0 Å². The zero-order valence-electron chi connectivity index (χ0n) is 13.0. The Bertz CT molecular complexity index is 611. The van der Waals surface area contributed by atoms with Gasteiger partial charge >= 0.3 is 0 Å². The molecule has 2 aliphatic rings. The van der Waals surface area contributed by atoms with Gasteiger partial charge in [0.15, 0.2) is 0 Å². The van der Waals surface area contributed by atoms with Gasteiger partial charge in [-0.25, -0.2) is 13.6 Å². The molecule has 1 aromatic carbocycles. The van der Waals surface area contributed by atoms with Gasteiger partial charge < -0.3 is 10.2 Å². The highest BCUT2D eigenvalue weighted by Gasteiger charge is 2.29. The molecule has 1 aromatic rings. The van der Waals surface area contributed by atoms with E-state index in [4.69, 9.17) is 5.14 Å². The Morgan fingerprint density at radius 3 is 2.55 bits per heavy atom. The van der Waals surface area contributed by atoms with Crippen LogP contribution in [-0.2, 0) is 10.0 Å². The highest BCUT2D eigenvalue weighted by atomic mass is 32.2. The Morgan fingerprint density at radius 1 is 1.27 bits per heavy atom. The van der Waals surface area contributed by atoms with Crippen LogP contribution in [0.25, 0.3) is 0 Å². The van der Waals surface area contributed by atoms with Crippen LogP contribution >= 0.6 is 0 Å². The van der Waals surface area contributed by atoms with E-state index in [0.717, 1.165) is 18.0 Å². The fraction of sp³-hybridized carbons (Fsp3) is 0.625. The first-order valence-electron chi connectivity index (χ1n) is 8.03. The van der Waals surface area contributed by atoms with Crippen LogP contribution in [0.15, 0.2) is 29.2 Å². The predicted molar refractivity (Wildman–Crippen MR) is 86.9 cm³/mol. The third kappa shape index (κ3) is 4.07. The smallest absolute Gasteiger partial charge is 0.238 e. The van der Waals surface area contributed by atoms with Gasteiger partial charge in [0.2, 0.25) is 10.0 Å².